The van der Waals surface area contributed by atoms with Crippen molar-refractivity contribution in [2.24, 2.45) is 0 Å². The molecule has 1 heterocycles. The van der Waals surface area contributed by atoms with Crippen molar-refractivity contribution in [1.82, 2.24) is 10.2 Å². The number of benzene rings is 1. The summed E-state index contributed by atoms with van der Waals surface area (Å²) in [6.45, 7) is 2.08. The SMILES string of the molecule is CCOC(=O)C1=C(CBr)N(C2CC2)C(=O)NC1c1ccccc1. The number of rotatable bonds is 5. The highest BCUT2D eigenvalue weighted by Gasteiger charge is 2.43. The van der Waals surface area contributed by atoms with Crippen LogP contribution in [0.25, 0.3) is 0 Å². The van der Waals surface area contributed by atoms with E-state index in [0.29, 0.717) is 23.2 Å². The maximum absolute atomic E-state index is 12.6. The summed E-state index contributed by atoms with van der Waals surface area (Å²) in [7, 11) is 0. The molecule has 1 unspecified atom stereocenters. The third kappa shape index (κ3) is 3.13. The number of urea groups is 1. The van der Waals surface area contributed by atoms with Gasteiger partial charge in [-0.3, -0.25) is 4.90 Å². The molecule has 1 aliphatic carbocycles. The van der Waals surface area contributed by atoms with Gasteiger partial charge in [0, 0.05) is 17.1 Å². The molecular weight excluding hydrogens is 360 g/mol. The van der Waals surface area contributed by atoms with Crippen LogP contribution in [0.15, 0.2) is 41.6 Å². The fraction of sp³-hybridized carbons (Fsp3) is 0.412. The summed E-state index contributed by atoms with van der Waals surface area (Å²) in [5, 5.41) is 3.40. The minimum atomic E-state index is -0.481. The number of amides is 2. The third-order valence-corrected chi connectivity index (χ3v) is 4.57. The second kappa shape index (κ2) is 6.74. The average Bonchev–Trinajstić information content (AvgIpc) is 3.39. The topological polar surface area (TPSA) is 58.6 Å². The molecule has 0 saturated heterocycles. The zero-order valence-corrected chi connectivity index (χ0v) is 14.5. The molecule has 3 rings (SSSR count). The molecule has 0 radical (unpaired) electrons. The first-order valence-electron chi connectivity index (χ1n) is 7.78. The lowest BCUT2D eigenvalue weighted by atomic mass is 9.95. The van der Waals surface area contributed by atoms with E-state index in [0.717, 1.165) is 18.4 Å². The number of nitrogens with one attached hydrogen (secondary N) is 1. The van der Waals surface area contributed by atoms with Crippen LogP contribution in [0.2, 0.25) is 0 Å². The molecule has 0 aromatic heterocycles. The van der Waals surface area contributed by atoms with E-state index in [4.69, 9.17) is 4.74 Å². The predicted octanol–water partition coefficient (Wildman–Crippen LogP) is 3.13. The van der Waals surface area contributed by atoms with Crippen LogP contribution in [0.3, 0.4) is 0 Å². The lowest BCUT2D eigenvalue weighted by Crippen LogP contribution is -2.49. The van der Waals surface area contributed by atoms with Crippen LogP contribution in [0.4, 0.5) is 4.79 Å². The smallest absolute Gasteiger partial charge is 0.338 e. The number of ether oxygens (including phenoxy) is 1. The van der Waals surface area contributed by atoms with E-state index in [9.17, 15) is 9.59 Å². The molecule has 2 aliphatic rings. The van der Waals surface area contributed by atoms with Gasteiger partial charge < -0.3 is 10.1 Å². The molecule has 0 bridgehead atoms. The van der Waals surface area contributed by atoms with E-state index < -0.39 is 6.04 Å². The van der Waals surface area contributed by atoms with Gasteiger partial charge in [-0.1, -0.05) is 46.3 Å². The average molecular weight is 379 g/mol. The van der Waals surface area contributed by atoms with Crippen LogP contribution in [-0.2, 0) is 9.53 Å². The molecule has 1 aliphatic heterocycles. The summed E-state index contributed by atoms with van der Waals surface area (Å²) in [4.78, 5) is 26.8. The number of esters is 1. The van der Waals surface area contributed by atoms with Crippen LogP contribution >= 0.6 is 15.9 Å². The number of hydrogen-bond acceptors (Lipinski definition) is 3. The van der Waals surface area contributed by atoms with Crippen LogP contribution in [0, 0.1) is 0 Å². The predicted molar refractivity (Wildman–Crippen MR) is 90.0 cm³/mol. The molecule has 1 N–H and O–H groups in total. The highest BCUT2D eigenvalue weighted by Crippen LogP contribution is 2.38. The number of nitrogens with zero attached hydrogens (tertiary/aromatic N) is 1. The number of hydrogen-bond donors (Lipinski definition) is 1. The molecule has 122 valence electrons. The number of carbonyl (C=O) groups is 2. The molecule has 23 heavy (non-hydrogen) atoms. The van der Waals surface area contributed by atoms with E-state index in [1.54, 1.807) is 11.8 Å². The standard InChI is InChI=1S/C17H19BrN2O3/c1-2-23-16(21)14-13(10-18)20(12-8-9-12)17(22)19-15(14)11-6-4-3-5-7-11/h3-7,12,15H,2,8-10H2,1H3,(H,19,22). The van der Waals surface area contributed by atoms with Crippen LogP contribution < -0.4 is 5.32 Å². The minimum Gasteiger partial charge on any atom is -0.463 e. The summed E-state index contributed by atoms with van der Waals surface area (Å²) >= 11 is 3.45. The largest absolute Gasteiger partial charge is 0.463 e. The second-order valence-corrected chi connectivity index (χ2v) is 6.17. The second-order valence-electron chi connectivity index (χ2n) is 5.61. The van der Waals surface area contributed by atoms with Crippen molar-refractivity contribution in [3.63, 3.8) is 0 Å². The van der Waals surface area contributed by atoms with Gasteiger partial charge in [0.25, 0.3) is 0 Å². The first kappa shape index (κ1) is 16.1. The molecule has 1 fully saturated rings. The Balaban J connectivity index is 2.09. The lowest BCUT2D eigenvalue weighted by Gasteiger charge is -2.36. The quantitative estimate of drug-likeness (QED) is 0.632. The molecule has 1 atom stereocenters. The van der Waals surface area contributed by atoms with Crippen LogP contribution in [0.5, 0.6) is 0 Å². The van der Waals surface area contributed by atoms with Gasteiger partial charge in [-0.15, -0.1) is 0 Å². The maximum atomic E-state index is 12.6. The van der Waals surface area contributed by atoms with Gasteiger partial charge in [-0.05, 0) is 25.3 Å². The first-order valence-corrected chi connectivity index (χ1v) is 8.90. The molecule has 6 heteroatoms. The summed E-state index contributed by atoms with van der Waals surface area (Å²) in [6.07, 6.45) is 1.94. The van der Waals surface area contributed by atoms with E-state index >= 15 is 0 Å². The molecule has 1 aromatic carbocycles. The Morgan fingerprint density at radius 1 is 1.35 bits per heavy atom. The highest BCUT2D eigenvalue weighted by molar-refractivity contribution is 9.09. The van der Waals surface area contributed by atoms with E-state index in [1.165, 1.54) is 0 Å². The molecule has 1 aromatic rings. The summed E-state index contributed by atoms with van der Waals surface area (Å²) in [5.41, 5.74) is 2.10. The fourth-order valence-corrected chi connectivity index (χ4v) is 3.45. The summed E-state index contributed by atoms with van der Waals surface area (Å²) in [5.74, 6) is -0.374. The van der Waals surface area contributed by atoms with Crippen molar-refractivity contribution in [3.8, 4) is 0 Å². The molecular formula is C17H19BrN2O3. The van der Waals surface area contributed by atoms with Gasteiger partial charge >= 0.3 is 12.0 Å². The van der Waals surface area contributed by atoms with E-state index in [1.807, 2.05) is 30.3 Å². The van der Waals surface area contributed by atoms with Gasteiger partial charge in [0.2, 0.25) is 0 Å². The summed E-state index contributed by atoms with van der Waals surface area (Å²) in [6, 6.07) is 9.06. The monoisotopic (exact) mass is 378 g/mol. The van der Waals surface area contributed by atoms with Crippen molar-refractivity contribution >= 4 is 27.9 Å². The molecule has 2 amide bonds. The lowest BCUT2D eigenvalue weighted by molar-refractivity contribution is -0.139. The highest BCUT2D eigenvalue weighted by atomic mass is 79.9. The van der Waals surface area contributed by atoms with E-state index in [-0.39, 0.29) is 18.0 Å². The zero-order valence-electron chi connectivity index (χ0n) is 12.9. The zero-order chi connectivity index (χ0) is 16.4. The minimum absolute atomic E-state index is 0.149. The van der Waals surface area contributed by atoms with Gasteiger partial charge in [0.1, 0.15) is 0 Å². The maximum Gasteiger partial charge on any atom is 0.338 e. The Kier molecular flexibility index (Phi) is 4.71. The summed E-state index contributed by atoms with van der Waals surface area (Å²) < 4.78 is 5.25. The number of allylic oxidation sites excluding steroid dienone is 1. The molecule has 5 nitrogen and oxygen atoms in total. The van der Waals surface area contributed by atoms with Crippen LogP contribution in [-0.4, -0.2) is 34.9 Å². The normalized spacial score (nSPS) is 21.2. The molecule has 0 spiro atoms. The first-order chi connectivity index (χ1) is 11.2. The fourth-order valence-electron chi connectivity index (χ4n) is 2.88. The Labute approximate surface area is 143 Å². The van der Waals surface area contributed by atoms with Crippen molar-refractivity contribution in [1.29, 1.82) is 0 Å². The van der Waals surface area contributed by atoms with Crippen molar-refractivity contribution < 1.29 is 14.3 Å². The number of carbonyl (C=O) groups excluding carboxylic acids is 2. The van der Waals surface area contributed by atoms with Gasteiger partial charge in [0.15, 0.2) is 0 Å². The van der Waals surface area contributed by atoms with Gasteiger partial charge in [0.05, 0.1) is 18.2 Å². The number of halogens is 1. The Hall–Kier alpha value is -1.82. The third-order valence-electron chi connectivity index (χ3n) is 4.04. The Morgan fingerprint density at radius 3 is 2.61 bits per heavy atom. The van der Waals surface area contributed by atoms with Crippen molar-refractivity contribution in [2.75, 3.05) is 11.9 Å². The molecule has 1 saturated carbocycles. The Morgan fingerprint density at radius 2 is 2.04 bits per heavy atom. The van der Waals surface area contributed by atoms with Crippen LogP contribution in [0.1, 0.15) is 31.4 Å². The number of alkyl halides is 1. The van der Waals surface area contributed by atoms with Gasteiger partial charge in [-0.2, -0.15) is 0 Å². The van der Waals surface area contributed by atoms with Gasteiger partial charge in [-0.25, -0.2) is 9.59 Å². The van der Waals surface area contributed by atoms with Crippen molar-refractivity contribution in [3.05, 3.63) is 47.2 Å². The Bertz CT molecular complexity index is 640. The van der Waals surface area contributed by atoms with E-state index in [2.05, 4.69) is 21.2 Å². The van der Waals surface area contributed by atoms with Crippen molar-refractivity contribution in [2.45, 2.75) is 31.8 Å².